The first-order chi connectivity index (χ1) is 9.86. The highest BCUT2D eigenvalue weighted by Gasteiger charge is 2.14. The molecule has 0 spiro atoms. The fraction of sp³-hybridized carbons (Fsp3) is 0.600. The van der Waals surface area contributed by atoms with Gasteiger partial charge in [0.2, 0.25) is 0 Å². The molecule has 0 amide bonds. The highest BCUT2D eigenvalue weighted by atomic mass is 35.5. The number of alkyl halides is 1. The van der Waals surface area contributed by atoms with Gasteiger partial charge in [0.25, 0.3) is 0 Å². The maximum absolute atomic E-state index is 5.77. The van der Waals surface area contributed by atoms with Crippen LogP contribution in [0.3, 0.4) is 0 Å². The Hall–Kier alpha value is -0.870. The zero-order valence-electron chi connectivity index (χ0n) is 11.6. The van der Waals surface area contributed by atoms with Gasteiger partial charge in [0.1, 0.15) is 0 Å². The highest BCUT2D eigenvalue weighted by molar-refractivity contribution is 7.09. The van der Waals surface area contributed by atoms with Crippen molar-refractivity contribution in [2.45, 2.75) is 57.4 Å². The van der Waals surface area contributed by atoms with E-state index < -0.39 is 0 Å². The molecule has 0 aliphatic heterocycles. The van der Waals surface area contributed by atoms with Crippen LogP contribution in [0, 0.1) is 0 Å². The van der Waals surface area contributed by atoms with Gasteiger partial charge in [-0.15, -0.1) is 22.9 Å². The summed E-state index contributed by atoms with van der Waals surface area (Å²) in [5.74, 6) is 0.525. The first kappa shape index (κ1) is 14.1. The summed E-state index contributed by atoms with van der Waals surface area (Å²) in [6, 6.07) is 0. The van der Waals surface area contributed by atoms with Crippen LogP contribution >= 0.6 is 22.9 Å². The smallest absolute Gasteiger partial charge is 0.0951 e. The van der Waals surface area contributed by atoms with Crippen LogP contribution < -0.4 is 0 Å². The number of aromatic nitrogens is 3. The second-order valence-corrected chi connectivity index (χ2v) is 6.57. The van der Waals surface area contributed by atoms with Gasteiger partial charge in [0.15, 0.2) is 0 Å². The van der Waals surface area contributed by atoms with Crippen LogP contribution in [0.5, 0.6) is 0 Å². The summed E-state index contributed by atoms with van der Waals surface area (Å²) >= 11 is 7.50. The van der Waals surface area contributed by atoms with Crippen molar-refractivity contribution in [3.8, 4) is 0 Å². The number of imidazole rings is 1. The van der Waals surface area contributed by atoms with E-state index in [1.54, 1.807) is 11.3 Å². The third-order valence-corrected chi connectivity index (χ3v) is 5.12. The number of hydrogen-bond donors (Lipinski definition) is 0. The molecule has 0 saturated carbocycles. The summed E-state index contributed by atoms with van der Waals surface area (Å²) in [5, 5.41) is 3.28. The molecule has 2 aromatic rings. The molecule has 20 heavy (non-hydrogen) atoms. The molecule has 0 unspecified atom stereocenters. The van der Waals surface area contributed by atoms with Crippen molar-refractivity contribution < 1.29 is 0 Å². The largest absolute Gasteiger partial charge is 0.334 e. The number of thiazole rings is 1. The molecule has 1 aliphatic rings. The van der Waals surface area contributed by atoms with E-state index in [-0.39, 0.29) is 0 Å². The van der Waals surface area contributed by atoms with Crippen LogP contribution in [-0.4, -0.2) is 14.5 Å². The third-order valence-electron chi connectivity index (χ3n) is 3.89. The summed E-state index contributed by atoms with van der Waals surface area (Å²) in [4.78, 5) is 9.05. The van der Waals surface area contributed by atoms with Crippen LogP contribution in [0.25, 0.3) is 0 Å². The summed E-state index contributed by atoms with van der Waals surface area (Å²) in [5.41, 5.74) is 3.83. The average molecular weight is 310 g/mol. The van der Waals surface area contributed by atoms with Crippen molar-refractivity contribution in [1.29, 1.82) is 0 Å². The molecule has 0 aromatic carbocycles. The van der Waals surface area contributed by atoms with Crippen molar-refractivity contribution >= 4 is 22.9 Å². The quantitative estimate of drug-likeness (QED) is 0.597. The second-order valence-electron chi connectivity index (χ2n) is 5.36. The Bertz CT molecular complexity index is 561. The van der Waals surface area contributed by atoms with E-state index in [1.165, 1.54) is 54.9 Å². The Morgan fingerprint density at radius 2 is 2.15 bits per heavy atom. The lowest BCUT2D eigenvalue weighted by Crippen LogP contribution is -2.08. The fourth-order valence-corrected chi connectivity index (χ4v) is 3.88. The molecule has 3 nitrogen and oxygen atoms in total. The predicted molar refractivity (Wildman–Crippen MR) is 83.5 cm³/mol. The number of nitrogens with zero attached hydrogens (tertiary/aromatic N) is 3. The molecular formula is C15H20ClN3S. The molecule has 0 fully saturated rings. The summed E-state index contributed by atoms with van der Waals surface area (Å²) in [6.45, 7) is 1.09. The van der Waals surface area contributed by atoms with Gasteiger partial charge in [-0.05, 0) is 44.9 Å². The molecule has 0 N–H and O–H groups in total. The molecule has 1 aliphatic carbocycles. The Morgan fingerprint density at radius 3 is 3.00 bits per heavy atom. The van der Waals surface area contributed by atoms with Crippen LogP contribution in [-0.2, 0) is 31.7 Å². The topological polar surface area (TPSA) is 30.7 Å². The van der Waals surface area contributed by atoms with Crippen LogP contribution in [0.1, 0.15) is 47.8 Å². The lowest BCUT2D eigenvalue weighted by atomic mass is 10.0. The van der Waals surface area contributed by atoms with E-state index >= 15 is 0 Å². The minimum absolute atomic E-state index is 0.525. The van der Waals surface area contributed by atoms with Crippen molar-refractivity contribution in [3.63, 3.8) is 0 Å². The Morgan fingerprint density at radius 1 is 1.25 bits per heavy atom. The van der Waals surface area contributed by atoms with E-state index in [9.17, 15) is 0 Å². The fourth-order valence-electron chi connectivity index (χ4n) is 2.81. The minimum atomic E-state index is 0.525. The summed E-state index contributed by atoms with van der Waals surface area (Å²) in [7, 11) is 0. The summed E-state index contributed by atoms with van der Waals surface area (Å²) < 4.78 is 2.36. The van der Waals surface area contributed by atoms with Crippen LogP contribution in [0.4, 0.5) is 0 Å². The Labute approximate surface area is 129 Å². The van der Waals surface area contributed by atoms with Crippen molar-refractivity contribution in [2.24, 2.45) is 0 Å². The van der Waals surface area contributed by atoms with Gasteiger partial charge in [0.05, 0.1) is 28.6 Å². The molecule has 2 heterocycles. The van der Waals surface area contributed by atoms with Gasteiger partial charge in [-0.25, -0.2) is 9.97 Å². The minimum Gasteiger partial charge on any atom is -0.334 e. The maximum atomic E-state index is 5.77. The normalized spacial score (nSPS) is 14.4. The molecule has 0 bridgehead atoms. The lowest BCUT2D eigenvalue weighted by molar-refractivity contribution is 0.565. The predicted octanol–water partition coefficient (Wildman–Crippen LogP) is 3.98. The van der Waals surface area contributed by atoms with Crippen molar-refractivity contribution in [1.82, 2.24) is 14.5 Å². The molecule has 2 aromatic heterocycles. The van der Waals surface area contributed by atoms with E-state index in [4.69, 9.17) is 11.6 Å². The van der Waals surface area contributed by atoms with Gasteiger partial charge < -0.3 is 4.57 Å². The van der Waals surface area contributed by atoms with E-state index in [1.807, 2.05) is 6.33 Å². The number of fused-ring (bicyclic) bond motifs is 1. The van der Waals surface area contributed by atoms with E-state index in [0.717, 1.165) is 18.7 Å². The number of aryl methyl sites for hydroxylation is 3. The standard InChI is InChI=1S/C15H20ClN3S/c16-9-12-10-20-15(18-12)7-3-4-8-19-11-17-13-5-1-2-6-14(13)19/h10-11H,1-9H2. The molecule has 3 rings (SSSR count). The highest BCUT2D eigenvalue weighted by Crippen LogP contribution is 2.20. The van der Waals surface area contributed by atoms with Gasteiger partial charge in [-0.3, -0.25) is 0 Å². The SMILES string of the molecule is ClCc1csc(CCCCn2cnc3c2CCCC3)n1. The first-order valence-corrected chi connectivity index (χ1v) is 8.80. The molecule has 0 saturated heterocycles. The third kappa shape index (κ3) is 3.23. The molecular weight excluding hydrogens is 290 g/mol. The van der Waals surface area contributed by atoms with Crippen LogP contribution in [0.2, 0.25) is 0 Å². The maximum Gasteiger partial charge on any atom is 0.0951 e. The molecule has 5 heteroatoms. The van der Waals surface area contributed by atoms with Crippen molar-refractivity contribution in [2.75, 3.05) is 0 Å². The monoisotopic (exact) mass is 309 g/mol. The molecule has 0 atom stereocenters. The molecule has 108 valence electrons. The van der Waals surface area contributed by atoms with Gasteiger partial charge in [-0.1, -0.05) is 0 Å². The van der Waals surface area contributed by atoms with E-state index in [2.05, 4.69) is 19.9 Å². The molecule has 0 radical (unpaired) electrons. The van der Waals surface area contributed by atoms with E-state index in [0.29, 0.717) is 5.88 Å². The number of rotatable bonds is 6. The first-order valence-electron chi connectivity index (χ1n) is 7.39. The Balaban J connectivity index is 1.47. The zero-order chi connectivity index (χ0) is 13.8. The van der Waals surface area contributed by atoms with Gasteiger partial charge in [-0.2, -0.15) is 0 Å². The van der Waals surface area contributed by atoms with Gasteiger partial charge in [0, 0.05) is 17.6 Å². The second kappa shape index (κ2) is 6.72. The summed E-state index contributed by atoms with van der Waals surface area (Å²) in [6.07, 6.45) is 10.5. The number of hydrogen-bond acceptors (Lipinski definition) is 3. The zero-order valence-corrected chi connectivity index (χ0v) is 13.2. The van der Waals surface area contributed by atoms with Crippen LogP contribution in [0.15, 0.2) is 11.7 Å². The van der Waals surface area contributed by atoms with Crippen molar-refractivity contribution in [3.05, 3.63) is 33.8 Å². The number of unbranched alkanes of at least 4 members (excludes halogenated alkanes) is 1. The Kier molecular flexibility index (Phi) is 4.73. The lowest BCUT2D eigenvalue weighted by Gasteiger charge is -2.13. The van der Waals surface area contributed by atoms with Gasteiger partial charge >= 0.3 is 0 Å². The average Bonchev–Trinajstić information content (AvgIpc) is 3.10. The number of halogens is 1.